The smallest absolute Gasteiger partial charge is 0.303 e. The first-order valence-electron chi connectivity index (χ1n) is 4.52. The molecule has 0 radical (unpaired) electrons. The fraction of sp³-hybridized carbons (Fsp3) is 0.364. The van der Waals surface area contributed by atoms with E-state index in [9.17, 15) is 4.79 Å². The molecule has 15 heavy (non-hydrogen) atoms. The number of hydrogen-bond acceptors (Lipinski definition) is 3. The van der Waals surface area contributed by atoms with Gasteiger partial charge in [-0.2, -0.15) is 0 Å². The predicted molar refractivity (Wildman–Crippen MR) is 67.6 cm³/mol. The lowest BCUT2D eigenvalue weighted by Crippen LogP contribution is -2.03. The predicted octanol–water partition coefficient (Wildman–Crippen LogP) is 2.51. The van der Waals surface area contributed by atoms with E-state index in [2.05, 4.69) is 4.74 Å². The monoisotopic (exact) mass is 322 g/mol. The number of rotatable bonds is 2. The van der Waals surface area contributed by atoms with Gasteiger partial charge in [0.05, 0.1) is 6.61 Å². The van der Waals surface area contributed by atoms with Crippen molar-refractivity contribution in [2.45, 2.75) is 24.6 Å². The molecule has 0 aliphatic rings. The molecular formula is C11H15IO3. The van der Waals surface area contributed by atoms with Crippen molar-refractivity contribution >= 4 is 28.6 Å². The van der Waals surface area contributed by atoms with Gasteiger partial charge in [0.1, 0.15) is 4.11 Å². The molecular weight excluding hydrogens is 307 g/mol. The first kappa shape index (κ1) is 14.4. The molecule has 0 amide bonds. The van der Waals surface area contributed by atoms with Crippen molar-refractivity contribution in [3.05, 3.63) is 35.9 Å². The van der Waals surface area contributed by atoms with E-state index in [0.717, 1.165) is 5.56 Å². The van der Waals surface area contributed by atoms with Gasteiger partial charge in [0.15, 0.2) is 0 Å². The number of halogens is 1. The third kappa shape index (κ3) is 9.68. The maximum atomic E-state index is 10.0. The van der Waals surface area contributed by atoms with Crippen LogP contribution < -0.4 is 0 Å². The molecule has 0 aromatic heterocycles. The van der Waals surface area contributed by atoms with Crippen LogP contribution in [0.2, 0.25) is 0 Å². The Labute approximate surface area is 104 Å². The molecule has 1 aromatic carbocycles. The van der Waals surface area contributed by atoms with Gasteiger partial charge < -0.3 is 9.84 Å². The molecule has 1 N–H and O–H groups in total. The van der Waals surface area contributed by atoms with E-state index < -0.39 is 0 Å². The summed E-state index contributed by atoms with van der Waals surface area (Å²) >= 11 is 2.01. The van der Waals surface area contributed by atoms with Gasteiger partial charge in [-0.1, -0.05) is 30.3 Å². The number of carbonyl (C=O) groups is 1. The summed E-state index contributed by atoms with van der Waals surface area (Å²) in [5.41, 5.74) is 0.965. The van der Waals surface area contributed by atoms with Crippen LogP contribution >= 0.6 is 22.6 Å². The normalized spacial score (nSPS) is 10.9. The van der Waals surface area contributed by atoms with Crippen LogP contribution in [0, 0.1) is 0 Å². The van der Waals surface area contributed by atoms with Crippen LogP contribution in [0.1, 0.15) is 19.4 Å². The van der Waals surface area contributed by atoms with Crippen molar-refractivity contribution in [2.24, 2.45) is 0 Å². The van der Waals surface area contributed by atoms with E-state index in [1.807, 2.05) is 59.8 Å². The van der Waals surface area contributed by atoms with E-state index in [4.69, 9.17) is 5.11 Å². The molecule has 0 saturated heterocycles. The molecule has 0 bridgehead atoms. The molecule has 4 heteroatoms. The summed E-state index contributed by atoms with van der Waals surface area (Å²) < 4.78 is 4.59. The highest BCUT2D eigenvalue weighted by atomic mass is 127. The number of aliphatic hydroxyl groups excluding tert-OH is 1. The Morgan fingerprint density at radius 3 is 2.20 bits per heavy atom. The highest BCUT2D eigenvalue weighted by Gasteiger charge is 1.95. The summed E-state index contributed by atoms with van der Waals surface area (Å²) in [6.45, 7) is 3.35. The van der Waals surface area contributed by atoms with E-state index in [1.54, 1.807) is 0 Å². The third-order valence-electron chi connectivity index (χ3n) is 1.35. The maximum Gasteiger partial charge on any atom is 0.303 e. The fourth-order valence-electron chi connectivity index (χ4n) is 0.812. The average Bonchev–Trinajstić information content (AvgIpc) is 2.18. The summed E-state index contributed by atoms with van der Waals surface area (Å²) in [6, 6.07) is 9.52. The maximum absolute atomic E-state index is 10.0. The van der Waals surface area contributed by atoms with Gasteiger partial charge in [-0.15, -0.1) is 0 Å². The van der Waals surface area contributed by atoms with E-state index in [0.29, 0.717) is 0 Å². The Morgan fingerprint density at radius 2 is 2.00 bits per heavy atom. The third-order valence-corrected chi connectivity index (χ3v) is 1.61. The quantitative estimate of drug-likeness (QED) is 0.517. The first-order chi connectivity index (χ1) is 7.06. The topological polar surface area (TPSA) is 46.5 Å². The SMILES string of the molecule is CC(=O)OC(C)I.OCc1ccccc1. The minimum atomic E-state index is -0.220. The summed E-state index contributed by atoms with van der Waals surface area (Å²) in [4.78, 5) is 10.0. The van der Waals surface area contributed by atoms with Gasteiger partial charge >= 0.3 is 5.97 Å². The Bertz CT molecular complexity index is 272. The molecule has 1 rings (SSSR count). The van der Waals surface area contributed by atoms with Crippen LogP contribution in [-0.2, 0) is 16.1 Å². The molecule has 0 spiro atoms. The minimum Gasteiger partial charge on any atom is -0.452 e. The van der Waals surface area contributed by atoms with Gasteiger partial charge in [0.25, 0.3) is 0 Å². The highest BCUT2D eigenvalue weighted by molar-refractivity contribution is 14.1. The Kier molecular flexibility index (Phi) is 8.31. The zero-order chi connectivity index (χ0) is 11.7. The molecule has 3 nitrogen and oxygen atoms in total. The number of esters is 1. The summed E-state index contributed by atoms with van der Waals surface area (Å²) in [5.74, 6) is -0.220. The molecule has 0 saturated carbocycles. The lowest BCUT2D eigenvalue weighted by atomic mass is 10.2. The number of benzene rings is 1. The lowest BCUT2D eigenvalue weighted by molar-refractivity contribution is -0.141. The molecule has 84 valence electrons. The number of aliphatic hydroxyl groups is 1. The van der Waals surface area contributed by atoms with Crippen molar-refractivity contribution in [1.29, 1.82) is 0 Å². The lowest BCUT2D eigenvalue weighted by Gasteiger charge is -1.99. The number of carbonyl (C=O) groups excluding carboxylic acids is 1. The summed E-state index contributed by atoms with van der Waals surface area (Å²) in [5, 5.41) is 8.54. The van der Waals surface area contributed by atoms with Crippen LogP contribution in [0.3, 0.4) is 0 Å². The standard InChI is InChI=1S/C7H8O.C4H7IO2/c8-6-7-4-2-1-3-5-7;1-3(5)7-4(2)6/h1-5,8H,6H2;3H,1-2H3. The minimum absolute atomic E-state index is 0.00454. The van der Waals surface area contributed by atoms with Crippen LogP contribution in [0.5, 0.6) is 0 Å². The Hall–Kier alpha value is -0.620. The molecule has 0 fully saturated rings. The van der Waals surface area contributed by atoms with Crippen LogP contribution in [0.15, 0.2) is 30.3 Å². The van der Waals surface area contributed by atoms with E-state index in [1.165, 1.54) is 6.92 Å². The number of alkyl halides is 1. The van der Waals surface area contributed by atoms with Crippen molar-refractivity contribution in [3.8, 4) is 0 Å². The fourth-order valence-corrected chi connectivity index (χ4v) is 1.17. The van der Waals surface area contributed by atoms with Gasteiger partial charge in [-0.25, -0.2) is 0 Å². The van der Waals surface area contributed by atoms with Crippen molar-refractivity contribution in [2.75, 3.05) is 0 Å². The largest absolute Gasteiger partial charge is 0.452 e. The number of ether oxygens (including phenoxy) is 1. The van der Waals surface area contributed by atoms with Gasteiger partial charge in [0, 0.05) is 6.92 Å². The van der Waals surface area contributed by atoms with Crippen LogP contribution in [-0.4, -0.2) is 15.2 Å². The first-order valence-corrected chi connectivity index (χ1v) is 5.77. The van der Waals surface area contributed by atoms with Crippen molar-refractivity contribution < 1.29 is 14.6 Å². The van der Waals surface area contributed by atoms with E-state index in [-0.39, 0.29) is 16.7 Å². The second kappa shape index (κ2) is 8.67. The highest BCUT2D eigenvalue weighted by Crippen LogP contribution is 1.98. The zero-order valence-corrected chi connectivity index (χ0v) is 11.0. The molecule has 1 unspecified atom stereocenters. The van der Waals surface area contributed by atoms with Gasteiger partial charge in [-0.3, -0.25) is 4.79 Å². The van der Waals surface area contributed by atoms with Gasteiger partial charge in [0.2, 0.25) is 0 Å². The molecule has 1 aromatic rings. The second-order valence-electron chi connectivity index (χ2n) is 2.80. The van der Waals surface area contributed by atoms with Crippen LogP contribution in [0.25, 0.3) is 0 Å². The molecule has 0 aliphatic carbocycles. The van der Waals surface area contributed by atoms with Crippen molar-refractivity contribution in [1.82, 2.24) is 0 Å². The average molecular weight is 322 g/mol. The number of hydrogen-bond donors (Lipinski definition) is 1. The summed E-state index contributed by atoms with van der Waals surface area (Å²) in [6.07, 6.45) is 0. The van der Waals surface area contributed by atoms with Crippen molar-refractivity contribution in [3.63, 3.8) is 0 Å². The molecule has 0 aliphatic heterocycles. The molecule has 0 heterocycles. The Morgan fingerprint density at radius 1 is 1.47 bits per heavy atom. The van der Waals surface area contributed by atoms with Crippen LogP contribution in [0.4, 0.5) is 0 Å². The van der Waals surface area contributed by atoms with Gasteiger partial charge in [-0.05, 0) is 35.1 Å². The Balaban J connectivity index is 0.000000265. The second-order valence-corrected chi connectivity index (χ2v) is 4.55. The van der Waals surface area contributed by atoms with E-state index >= 15 is 0 Å². The molecule has 1 atom stereocenters. The summed E-state index contributed by atoms with van der Waals surface area (Å²) in [7, 11) is 0. The zero-order valence-electron chi connectivity index (χ0n) is 8.81.